The molecular formula is C34H41F2N5. The van der Waals surface area contributed by atoms with Crippen LogP contribution in [0.2, 0.25) is 0 Å². The average Bonchev–Trinajstić information content (AvgIpc) is 3.59. The molecule has 2 aliphatic rings. The quantitative estimate of drug-likeness (QED) is 0.188. The van der Waals surface area contributed by atoms with Crippen LogP contribution in [0.15, 0.2) is 104 Å². The number of nitrogens with two attached hydrogens (primary N) is 1. The zero-order chi connectivity index (χ0) is 29.6. The van der Waals surface area contributed by atoms with Crippen molar-refractivity contribution in [3.63, 3.8) is 0 Å². The van der Waals surface area contributed by atoms with Crippen LogP contribution in [-0.4, -0.2) is 34.9 Å². The van der Waals surface area contributed by atoms with Crippen molar-refractivity contribution >= 4 is 11.3 Å². The van der Waals surface area contributed by atoms with Gasteiger partial charge in [0.05, 0.1) is 6.54 Å². The average molecular weight is 558 g/mol. The molecule has 1 aliphatic carbocycles. The smallest absolute Gasteiger partial charge is 0.261 e. The monoisotopic (exact) mass is 557 g/mol. The summed E-state index contributed by atoms with van der Waals surface area (Å²) in [6.07, 6.45) is 14.1. The lowest BCUT2D eigenvalue weighted by Gasteiger charge is -2.18. The van der Waals surface area contributed by atoms with E-state index in [0.29, 0.717) is 36.1 Å². The second-order valence-electron chi connectivity index (χ2n) is 11.0. The predicted octanol–water partition coefficient (Wildman–Crippen LogP) is 7.35. The van der Waals surface area contributed by atoms with E-state index in [9.17, 15) is 8.78 Å². The number of alkyl halides is 2. The minimum Gasteiger partial charge on any atom is -0.398 e. The van der Waals surface area contributed by atoms with Gasteiger partial charge in [-0.1, -0.05) is 57.4 Å². The number of nitrogen functional groups attached to an aromatic ring is 1. The number of hydrogen-bond acceptors (Lipinski definition) is 5. The zero-order valence-corrected chi connectivity index (χ0v) is 24.0. The number of pyridine rings is 1. The summed E-state index contributed by atoms with van der Waals surface area (Å²) in [7, 11) is 0. The summed E-state index contributed by atoms with van der Waals surface area (Å²) in [5, 5.41) is 6.81. The molecule has 0 amide bonds. The molecule has 41 heavy (non-hydrogen) atoms. The first-order valence-corrected chi connectivity index (χ1v) is 14.1. The van der Waals surface area contributed by atoms with Gasteiger partial charge < -0.3 is 16.4 Å². The highest BCUT2D eigenvalue weighted by atomic mass is 19.3. The number of allylic oxidation sites excluding steroid dienone is 4. The number of hydrogen-bond donors (Lipinski definition) is 3. The van der Waals surface area contributed by atoms with Gasteiger partial charge in [0, 0.05) is 71.9 Å². The van der Waals surface area contributed by atoms with Crippen LogP contribution in [0.3, 0.4) is 0 Å². The van der Waals surface area contributed by atoms with Crippen LogP contribution in [0.4, 0.5) is 14.5 Å². The fourth-order valence-electron chi connectivity index (χ4n) is 5.25. The molecule has 2 heterocycles. The number of anilines is 1. The molecule has 2 aromatic rings. The molecule has 0 unspecified atom stereocenters. The van der Waals surface area contributed by atoms with E-state index < -0.39 is 5.92 Å². The van der Waals surface area contributed by atoms with Crippen molar-refractivity contribution in [3.8, 4) is 11.1 Å². The Balaban J connectivity index is 1.41. The van der Waals surface area contributed by atoms with E-state index in [0.717, 1.165) is 39.2 Å². The molecule has 0 spiro atoms. The molecule has 1 saturated carbocycles. The summed E-state index contributed by atoms with van der Waals surface area (Å²) >= 11 is 0. The van der Waals surface area contributed by atoms with Crippen LogP contribution < -0.4 is 16.4 Å². The molecule has 2 fully saturated rings. The molecule has 1 aromatic heterocycles. The van der Waals surface area contributed by atoms with Gasteiger partial charge in [-0.25, -0.2) is 8.78 Å². The van der Waals surface area contributed by atoms with Gasteiger partial charge in [-0.3, -0.25) is 9.88 Å². The Hall–Kier alpha value is -3.97. The number of nitrogens with one attached hydrogen (secondary N) is 2. The molecule has 4 rings (SSSR count). The largest absolute Gasteiger partial charge is 0.398 e. The lowest BCUT2D eigenvalue weighted by molar-refractivity contribution is 0.0115. The van der Waals surface area contributed by atoms with Crippen LogP contribution >= 0.6 is 0 Å². The summed E-state index contributed by atoms with van der Waals surface area (Å²) in [4.78, 5) is 6.13. The molecule has 0 bridgehead atoms. The Bertz CT molecular complexity index is 1380. The number of nitrogens with zero attached hydrogens (tertiary/aromatic N) is 2. The van der Waals surface area contributed by atoms with Gasteiger partial charge in [-0.15, -0.1) is 0 Å². The van der Waals surface area contributed by atoms with Crippen molar-refractivity contribution in [1.29, 1.82) is 0 Å². The third kappa shape index (κ3) is 8.04. The van der Waals surface area contributed by atoms with Crippen molar-refractivity contribution in [2.45, 2.75) is 57.5 Å². The summed E-state index contributed by atoms with van der Waals surface area (Å²) in [5.74, 6) is -2.62. The minimum atomic E-state index is -2.62. The fourth-order valence-corrected chi connectivity index (χ4v) is 5.25. The van der Waals surface area contributed by atoms with Crippen molar-refractivity contribution in [2.24, 2.45) is 0 Å². The molecule has 5 nitrogen and oxygen atoms in total. The predicted molar refractivity (Wildman–Crippen MR) is 167 cm³/mol. The SMILES string of the molecule is C=C(/C=C\C(=C/C)NC(=C)C(=C)c1cc(-c2cncc(CN3CCC(F)(F)C3)c2)ccc1N)C(=C)NC1CCCC1. The van der Waals surface area contributed by atoms with E-state index in [-0.39, 0.29) is 13.0 Å². The highest BCUT2D eigenvalue weighted by Crippen LogP contribution is 2.32. The first kappa shape index (κ1) is 30.0. The van der Waals surface area contributed by atoms with Gasteiger partial charge in [0.1, 0.15) is 0 Å². The molecule has 1 aliphatic heterocycles. The van der Waals surface area contributed by atoms with E-state index in [1.165, 1.54) is 25.7 Å². The van der Waals surface area contributed by atoms with Crippen LogP contribution in [0, 0.1) is 0 Å². The molecule has 1 aromatic carbocycles. The topological polar surface area (TPSA) is 66.2 Å². The van der Waals surface area contributed by atoms with Crippen LogP contribution in [0.25, 0.3) is 16.7 Å². The molecule has 4 N–H and O–H groups in total. The van der Waals surface area contributed by atoms with Gasteiger partial charge >= 0.3 is 0 Å². The van der Waals surface area contributed by atoms with Crippen molar-refractivity contribution in [3.05, 3.63) is 115 Å². The molecule has 216 valence electrons. The van der Waals surface area contributed by atoms with Crippen molar-refractivity contribution in [2.75, 3.05) is 18.8 Å². The second-order valence-corrected chi connectivity index (χ2v) is 11.0. The summed E-state index contributed by atoms with van der Waals surface area (Å²) < 4.78 is 27.3. The molecule has 1 saturated heterocycles. The molecular weight excluding hydrogens is 516 g/mol. The number of likely N-dealkylation sites (tertiary alicyclic amines) is 1. The van der Waals surface area contributed by atoms with E-state index in [1.807, 2.05) is 49.4 Å². The van der Waals surface area contributed by atoms with Crippen molar-refractivity contribution < 1.29 is 8.78 Å². The summed E-state index contributed by atoms with van der Waals surface area (Å²) in [6, 6.07) is 8.18. The van der Waals surface area contributed by atoms with Crippen LogP contribution in [0.1, 0.15) is 50.2 Å². The maximum atomic E-state index is 13.6. The molecule has 0 atom stereocenters. The number of halogens is 2. The van der Waals surface area contributed by atoms with Gasteiger partial charge in [0.15, 0.2) is 0 Å². The normalized spacial score (nSPS) is 17.6. The Morgan fingerprint density at radius 2 is 1.83 bits per heavy atom. The van der Waals surface area contributed by atoms with Gasteiger partial charge in [0.25, 0.3) is 5.92 Å². The Morgan fingerprint density at radius 3 is 2.51 bits per heavy atom. The highest BCUT2D eigenvalue weighted by Gasteiger charge is 2.37. The Kier molecular flexibility index (Phi) is 9.61. The zero-order valence-electron chi connectivity index (χ0n) is 24.0. The lowest BCUT2D eigenvalue weighted by Crippen LogP contribution is -2.25. The molecule has 0 radical (unpaired) electrons. The van der Waals surface area contributed by atoms with Gasteiger partial charge in [0.2, 0.25) is 0 Å². The van der Waals surface area contributed by atoms with E-state index in [1.54, 1.807) is 17.3 Å². The standard InChI is InChI=1S/C34H41F2N5/c1-6-30(13-11-23(2)25(4)39-31-9-7-8-10-31)40-26(5)24(3)32-18-28(12-14-33(32)37)29-17-27(19-38-20-29)21-41-16-15-34(35,36)22-41/h6,11-14,17-20,31,39-40H,2-5,7-10,15-16,21-22,37H2,1H3/b13-11-,30-6+. The number of rotatable bonds is 12. The third-order valence-corrected chi connectivity index (χ3v) is 7.72. The summed E-state index contributed by atoms with van der Waals surface area (Å²) in [6.45, 7) is 19.3. The van der Waals surface area contributed by atoms with Crippen molar-refractivity contribution in [1.82, 2.24) is 20.5 Å². The van der Waals surface area contributed by atoms with E-state index >= 15 is 0 Å². The molecule has 7 heteroatoms. The highest BCUT2D eigenvalue weighted by molar-refractivity contribution is 5.85. The maximum absolute atomic E-state index is 13.6. The third-order valence-electron chi connectivity index (χ3n) is 7.72. The Morgan fingerprint density at radius 1 is 1.07 bits per heavy atom. The van der Waals surface area contributed by atoms with E-state index in [4.69, 9.17) is 5.73 Å². The maximum Gasteiger partial charge on any atom is 0.261 e. The fraction of sp³-hybridized carbons (Fsp3) is 0.324. The summed E-state index contributed by atoms with van der Waals surface area (Å²) in [5.41, 5.74) is 14.1. The van der Waals surface area contributed by atoms with Gasteiger partial charge in [-0.2, -0.15) is 0 Å². The van der Waals surface area contributed by atoms with E-state index in [2.05, 4.69) is 41.9 Å². The second kappa shape index (κ2) is 13.1. The van der Waals surface area contributed by atoms with Crippen LogP contribution in [0.5, 0.6) is 0 Å². The Labute approximate surface area is 242 Å². The number of benzene rings is 1. The van der Waals surface area contributed by atoms with Crippen LogP contribution in [-0.2, 0) is 6.54 Å². The minimum absolute atomic E-state index is 0.103. The lowest BCUT2D eigenvalue weighted by atomic mass is 9.97. The first-order valence-electron chi connectivity index (χ1n) is 14.1. The first-order chi connectivity index (χ1) is 19.5. The number of aromatic nitrogens is 1. The van der Waals surface area contributed by atoms with Gasteiger partial charge in [-0.05, 0) is 66.3 Å².